The van der Waals surface area contributed by atoms with Crippen LogP contribution >= 0.6 is 0 Å². The van der Waals surface area contributed by atoms with Gasteiger partial charge in [-0.3, -0.25) is 9.69 Å². The first-order chi connectivity index (χ1) is 8.74. The van der Waals surface area contributed by atoms with Gasteiger partial charge in [0.05, 0.1) is 6.54 Å². The summed E-state index contributed by atoms with van der Waals surface area (Å²) in [5.74, 6) is 0.171. The van der Waals surface area contributed by atoms with Crippen LogP contribution < -0.4 is 5.32 Å². The van der Waals surface area contributed by atoms with Crippen molar-refractivity contribution in [1.82, 2.24) is 10.2 Å². The molecule has 0 saturated carbocycles. The minimum absolute atomic E-state index is 0.171. The van der Waals surface area contributed by atoms with Gasteiger partial charge in [0.25, 0.3) is 0 Å². The van der Waals surface area contributed by atoms with E-state index in [1.54, 1.807) is 0 Å². The second kappa shape index (κ2) is 12.9. The lowest BCUT2D eigenvalue weighted by molar-refractivity contribution is -0.122. The van der Waals surface area contributed by atoms with Crippen LogP contribution in [0.25, 0.3) is 0 Å². The quantitative estimate of drug-likeness (QED) is 0.544. The minimum atomic E-state index is 0.171. The molecule has 0 spiro atoms. The van der Waals surface area contributed by atoms with Crippen LogP contribution in [-0.4, -0.2) is 37.0 Å². The molecule has 0 aliphatic rings. The number of nitrogens with one attached hydrogen (secondary N) is 1. The molecule has 0 aliphatic carbocycles. The molecule has 0 radical (unpaired) electrons. The van der Waals surface area contributed by atoms with Crippen LogP contribution in [0.4, 0.5) is 0 Å². The Bertz CT molecular complexity index is 191. The number of carbonyl (C=O) groups excluding carboxylic acids is 1. The standard InChI is InChI=1S/C15H32N2O/c1-4-7-8-9-10-11-12-13-16-15(18)14-17(5-2)6-3/h4-14H2,1-3H3,(H,16,18). The highest BCUT2D eigenvalue weighted by molar-refractivity contribution is 5.77. The van der Waals surface area contributed by atoms with Crippen LogP contribution in [0.5, 0.6) is 0 Å². The largest absolute Gasteiger partial charge is 0.355 e. The van der Waals surface area contributed by atoms with Gasteiger partial charge in [-0.05, 0) is 19.5 Å². The normalized spacial score (nSPS) is 10.9. The van der Waals surface area contributed by atoms with Crippen LogP contribution in [-0.2, 0) is 4.79 Å². The predicted molar refractivity (Wildman–Crippen MR) is 78.8 cm³/mol. The lowest BCUT2D eigenvalue weighted by Crippen LogP contribution is -2.37. The Hall–Kier alpha value is -0.570. The monoisotopic (exact) mass is 256 g/mol. The Morgan fingerprint density at radius 1 is 0.889 bits per heavy atom. The van der Waals surface area contributed by atoms with Crippen molar-refractivity contribution in [2.45, 2.75) is 65.7 Å². The van der Waals surface area contributed by atoms with Gasteiger partial charge in [0, 0.05) is 6.54 Å². The van der Waals surface area contributed by atoms with Crippen molar-refractivity contribution in [2.24, 2.45) is 0 Å². The van der Waals surface area contributed by atoms with Crippen LogP contribution in [0.1, 0.15) is 65.7 Å². The van der Waals surface area contributed by atoms with Crippen LogP contribution in [0, 0.1) is 0 Å². The van der Waals surface area contributed by atoms with Gasteiger partial charge in [-0.2, -0.15) is 0 Å². The Morgan fingerprint density at radius 2 is 1.44 bits per heavy atom. The molecule has 0 bridgehead atoms. The third-order valence-corrected chi connectivity index (χ3v) is 3.36. The maximum Gasteiger partial charge on any atom is 0.234 e. The Kier molecular flexibility index (Phi) is 12.5. The molecule has 3 nitrogen and oxygen atoms in total. The minimum Gasteiger partial charge on any atom is -0.355 e. The maximum absolute atomic E-state index is 11.6. The number of hydrogen-bond donors (Lipinski definition) is 1. The second-order valence-corrected chi connectivity index (χ2v) is 4.93. The van der Waals surface area contributed by atoms with Crippen LogP contribution in [0.2, 0.25) is 0 Å². The zero-order chi connectivity index (χ0) is 13.6. The number of hydrogen-bond acceptors (Lipinski definition) is 2. The SMILES string of the molecule is CCCCCCCCCNC(=O)CN(CC)CC. The van der Waals surface area contributed by atoms with E-state index in [0.717, 1.165) is 26.1 Å². The smallest absolute Gasteiger partial charge is 0.234 e. The van der Waals surface area contributed by atoms with E-state index in [1.165, 1.54) is 38.5 Å². The molecule has 1 N–H and O–H groups in total. The molecule has 0 saturated heterocycles. The summed E-state index contributed by atoms with van der Waals surface area (Å²) in [5, 5.41) is 3.00. The molecule has 0 aromatic heterocycles. The summed E-state index contributed by atoms with van der Waals surface area (Å²) in [4.78, 5) is 13.7. The summed E-state index contributed by atoms with van der Waals surface area (Å²) in [6, 6.07) is 0. The first-order valence-electron chi connectivity index (χ1n) is 7.73. The number of amides is 1. The molecule has 0 aromatic carbocycles. The van der Waals surface area contributed by atoms with Gasteiger partial charge in [-0.1, -0.05) is 59.3 Å². The van der Waals surface area contributed by atoms with Gasteiger partial charge in [0.2, 0.25) is 5.91 Å². The summed E-state index contributed by atoms with van der Waals surface area (Å²) >= 11 is 0. The molecule has 0 aromatic rings. The average molecular weight is 256 g/mol. The third-order valence-electron chi connectivity index (χ3n) is 3.36. The van der Waals surface area contributed by atoms with Gasteiger partial charge in [-0.25, -0.2) is 0 Å². The molecule has 0 fully saturated rings. The molecule has 18 heavy (non-hydrogen) atoms. The van der Waals surface area contributed by atoms with Gasteiger partial charge in [0.15, 0.2) is 0 Å². The van der Waals surface area contributed by atoms with E-state index in [4.69, 9.17) is 0 Å². The van der Waals surface area contributed by atoms with Crippen molar-refractivity contribution >= 4 is 5.91 Å². The van der Waals surface area contributed by atoms with E-state index in [0.29, 0.717) is 6.54 Å². The topological polar surface area (TPSA) is 32.3 Å². The molecule has 0 rings (SSSR count). The van der Waals surface area contributed by atoms with E-state index in [9.17, 15) is 4.79 Å². The van der Waals surface area contributed by atoms with Gasteiger partial charge >= 0.3 is 0 Å². The predicted octanol–water partition coefficient (Wildman–Crippen LogP) is 3.20. The summed E-state index contributed by atoms with van der Waals surface area (Å²) in [6.45, 7) is 9.70. The zero-order valence-corrected chi connectivity index (χ0v) is 12.6. The molecule has 1 amide bonds. The molecule has 0 unspecified atom stereocenters. The molecule has 0 aliphatic heterocycles. The van der Waals surface area contributed by atoms with Crippen molar-refractivity contribution in [1.29, 1.82) is 0 Å². The molecule has 108 valence electrons. The number of rotatable bonds is 12. The van der Waals surface area contributed by atoms with E-state index in [2.05, 4.69) is 31.0 Å². The lowest BCUT2D eigenvalue weighted by Gasteiger charge is -2.17. The summed E-state index contributed by atoms with van der Waals surface area (Å²) in [5.41, 5.74) is 0. The Labute approximate surface area is 113 Å². The van der Waals surface area contributed by atoms with Crippen molar-refractivity contribution in [3.63, 3.8) is 0 Å². The summed E-state index contributed by atoms with van der Waals surface area (Å²) in [7, 11) is 0. The van der Waals surface area contributed by atoms with E-state index in [-0.39, 0.29) is 5.91 Å². The number of nitrogens with zero attached hydrogens (tertiary/aromatic N) is 1. The van der Waals surface area contributed by atoms with Gasteiger partial charge in [-0.15, -0.1) is 0 Å². The molecular weight excluding hydrogens is 224 g/mol. The third kappa shape index (κ3) is 10.6. The van der Waals surface area contributed by atoms with E-state index >= 15 is 0 Å². The fourth-order valence-corrected chi connectivity index (χ4v) is 2.02. The Morgan fingerprint density at radius 3 is 2.00 bits per heavy atom. The van der Waals surface area contributed by atoms with Gasteiger partial charge < -0.3 is 5.32 Å². The molecule has 3 heteroatoms. The van der Waals surface area contributed by atoms with Crippen LogP contribution in [0.3, 0.4) is 0 Å². The van der Waals surface area contributed by atoms with E-state index in [1.807, 2.05) is 0 Å². The number of likely N-dealkylation sites (N-methyl/N-ethyl adjacent to an activating group) is 1. The molecule has 0 heterocycles. The fourth-order valence-electron chi connectivity index (χ4n) is 2.02. The van der Waals surface area contributed by atoms with Crippen LogP contribution in [0.15, 0.2) is 0 Å². The van der Waals surface area contributed by atoms with E-state index < -0.39 is 0 Å². The molecule has 0 atom stereocenters. The highest BCUT2D eigenvalue weighted by atomic mass is 16.2. The zero-order valence-electron chi connectivity index (χ0n) is 12.6. The first-order valence-corrected chi connectivity index (χ1v) is 7.73. The van der Waals surface area contributed by atoms with Crippen molar-refractivity contribution < 1.29 is 4.79 Å². The highest BCUT2D eigenvalue weighted by Gasteiger charge is 2.05. The highest BCUT2D eigenvalue weighted by Crippen LogP contribution is 2.06. The molecular formula is C15H32N2O. The second-order valence-electron chi connectivity index (χ2n) is 4.93. The van der Waals surface area contributed by atoms with Crippen molar-refractivity contribution in [3.8, 4) is 0 Å². The van der Waals surface area contributed by atoms with Crippen molar-refractivity contribution in [2.75, 3.05) is 26.2 Å². The average Bonchev–Trinajstić information content (AvgIpc) is 2.39. The summed E-state index contributed by atoms with van der Waals surface area (Å²) < 4.78 is 0. The maximum atomic E-state index is 11.6. The van der Waals surface area contributed by atoms with Gasteiger partial charge in [0.1, 0.15) is 0 Å². The first kappa shape index (κ1) is 17.4. The number of carbonyl (C=O) groups is 1. The summed E-state index contributed by atoms with van der Waals surface area (Å²) in [6.07, 6.45) is 9.06. The number of unbranched alkanes of at least 4 members (excludes halogenated alkanes) is 6. The fraction of sp³-hybridized carbons (Fsp3) is 0.933. The lowest BCUT2D eigenvalue weighted by atomic mass is 10.1. The Balaban J connectivity index is 3.30. The van der Waals surface area contributed by atoms with Crippen molar-refractivity contribution in [3.05, 3.63) is 0 Å².